The predicted octanol–water partition coefficient (Wildman–Crippen LogP) is 11.0. The van der Waals surface area contributed by atoms with Crippen molar-refractivity contribution in [3.05, 3.63) is 151 Å². The molecule has 0 aliphatic heterocycles. The number of benzene rings is 7. The Morgan fingerprint density at radius 3 is 1.60 bits per heavy atom. The molecule has 8 aromatic rings. The quantitative estimate of drug-likeness (QED) is 0.146. The third-order valence-corrected chi connectivity index (χ3v) is 8.58. The third-order valence-electron chi connectivity index (χ3n) is 8.58. The van der Waals surface area contributed by atoms with Gasteiger partial charge in [-0.3, -0.25) is 0 Å². The number of aryl methyl sites for hydroxylation is 1. The van der Waals surface area contributed by atoms with Gasteiger partial charge in [-0.25, -0.2) is 15.0 Å². The number of fused-ring (bicyclic) bond motifs is 4. The summed E-state index contributed by atoms with van der Waals surface area (Å²) in [5.41, 5.74) is 6.74. The van der Waals surface area contributed by atoms with Crippen LogP contribution in [0.2, 0.25) is 0 Å². The molecule has 1 heterocycles. The Bertz CT molecular complexity index is 2250. The number of hydrogen-bond donors (Lipinski definition) is 0. The molecule has 0 aliphatic carbocycles. The minimum absolute atomic E-state index is 0.673. The van der Waals surface area contributed by atoms with Crippen molar-refractivity contribution in [1.29, 1.82) is 0 Å². The first-order valence-corrected chi connectivity index (χ1v) is 15.6. The number of aromatic nitrogens is 3. The van der Waals surface area contributed by atoms with Crippen molar-refractivity contribution < 1.29 is 0 Å². The molecule has 0 bridgehead atoms. The predicted molar refractivity (Wildman–Crippen MR) is 188 cm³/mol. The molecule has 0 aliphatic rings. The van der Waals surface area contributed by atoms with E-state index >= 15 is 0 Å². The molecule has 0 saturated carbocycles. The summed E-state index contributed by atoms with van der Waals surface area (Å²) < 4.78 is 0. The van der Waals surface area contributed by atoms with Crippen LogP contribution in [0.4, 0.5) is 0 Å². The summed E-state index contributed by atoms with van der Waals surface area (Å²) in [5, 5.41) is 7.34. The number of hydrogen-bond acceptors (Lipinski definition) is 3. The Labute approximate surface area is 262 Å². The zero-order chi connectivity index (χ0) is 30.2. The average molecular weight is 578 g/mol. The zero-order valence-corrected chi connectivity index (χ0v) is 25.1. The van der Waals surface area contributed by atoms with E-state index in [-0.39, 0.29) is 0 Å². The highest BCUT2D eigenvalue weighted by molar-refractivity contribution is 6.21. The second kappa shape index (κ2) is 11.4. The van der Waals surface area contributed by atoms with Crippen LogP contribution >= 0.6 is 0 Å². The molecule has 0 N–H and O–H groups in total. The van der Waals surface area contributed by atoms with E-state index < -0.39 is 0 Å². The normalized spacial score (nSPS) is 11.4. The summed E-state index contributed by atoms with van der Waals surface area (Å²) in [6, 6.07) is 51.4. The first-order chi connectivity index (χ1) is 22.3. The van der Waals surface area contributed by atoms with Gasteiger partial charge in [0, 0.05) is 16.7 Å². The van der Waals surface area contributed by atoms with Crippen molar-refractivity contribution in [1.82, 2.24) is 15.0 Å². The van der Waals surface area contributed by atoms with Gasteiger partial charge in [0.05, 0.1) is 0 Å². The Balaban J connectivity index is 1.45. The topological polar surface area (TPSA) is 38.7 Å². The summed E-state index contributed by atoms with van der Waals surface area (Å²) in [7, 11) is 0. The molecular weight excluding hydrogens is 546 g/mol. The molecule has 7 aromatic carbocycles. The minimum Gasteiger partial charge on any atom is -0.208 e. The summed E-state index contributed by atoms with van der Waals surface area (Å²) in [6.07, 6.45) is 2.02. The van der Waals surface area contributed by atoms with Crippen LogP contribution in [0.15, 0.2) is 146 Å². The van der Waals surface area contributed by atoms with E-state index in [1.165, 1.54) is 43.6 Å². The van der Waals surface area contributed by atoms with Crippen molar-refractivity contribution in [2.75, 3.05) is 0 Å². The van der Waals surface area contributed by atoms with E-state index in [0.29, 0.717) is 17.5 Å². The van der Waals surface area contributed by atoms with Crippen LogP contribution in [0.5, 0.6) is 0 Å². The Hall–Kier alpha value is -5.67. The van der Waals surface area contributed by atoms with Crippen LogP contribution in [-0.4, -0.2) is 15.0 Å². The van der Waals surface area contributed by atoms with Crippen molar-refractivity contribution in [3.63, 3.8) is 0 Å². The van der Waals surface area contributed by atoms with Crippen molar-refractivity contribution >= 4 is 32.3 Å². The number of nitrogens with zero attached hydrogens (tertiary/aromatic N) is 3. The lowest BCUT2D eigenvalue weighted by Crippen LogP contribution is -2.01. The molecule has 8 rings (SSSR count). The smallest absolute Gasteiger partial charge is 0.164 e. The molecule has 45 heavy (non-hydrogen) atoms. The molecule has 3 nitrogen and oxygen atoms in total. The van der Waals surface area contributed by atoms with Crippen LogP contribution in [0.25, 0.3) is 77.6 Å². The fourth-order valence-corrected chi connectivity index (χ4v) is 6.50. The minimum atomic E-state index is 0.673. The second-order valence-corrected chi connectivity index (χ2v) is 11.5. The van der Waals surface area contributed by atoms with Gasteiger partial charge in [0.15, 0.2) is 17.5 Å². The van der Waals surface area contributed by atoms with Gasteiger partial charge in [-0.05, 0) is 67.6 Å². The standard InChI is InChI=1S/C42H31N3/c1-2-14-28-25-36-34(23-24-35-37(36)27-32-21-12-13-22-33(32)39(35)29-15-6-3-7-16-29)38(26-28)42-44-40(30-17-8-4-9-18-30)43-41(45-42)31-19-10-5-11-20-31/h3-13,15-27H,2,14H2,1H3. The molecule has 0 fully saturated rings. The number of rotatable bonds is 6. The monoisotopic (exact) mass is 577 g/mol. The van der Waals surface area contributed by atoms with Crippen LogP contribution in [0.3, 0.4) is 0 Å². The van der Waals surface area contributed by atoms with Crippen molar-refractivity contribution in [2.24, 2.45) is 0 Å². The molecule has 0 radical (unpaired) electrons. The van der Waals surface area contributed by atoms with Gasteiger partial charge < -0.3 is 0 Å². The largest absolute Gasteiger partial charge is 0.208 e. The van der Waals surface area contributed by atoms with Crippen molar-refractivity contribution in [2.45, 2.75) is 19.8 Å². The molecule has 0 unspecified atom stereocenters. The highest BCUT2D eigenvalue weighted by Crippen LogP contribution is 2.41. The molecule has 3 heteroatoms. The maximum absolute atomic E-state index is 5.12. The van der Waals surface area contributed by atoms with Crippen LogP contribution in [0, 0.1) is 0 Å². The van der Waals surface area contributed by atoms with E-state index in [9.17, 15) is 0 Å². The van der Waals surface area contributed by atoms with Gasteiger partial charge in [-0.2, -0.15) is 0 Å². The van der Waals surface area contributed by atoms with Gasteiger partial charge in [-0.15, -0.1) is 0 Å². The van der Waals surface area contributed by atoms with E-state index in [1.54, 1.807) is 0 Å². The lowest BCUT2D eigenvalue weighted by Gasteiger charge is -2.17. The lowest BCUT2D eigenvalue weighted by molar-refractivity contribution is 0.923. The molecule has 1 aromatic heterocycles. The molecule has 0 atom stereocenters. The summed E-state index contributed by atoms with van der Waals surface area (Å²) in [6.45, 7) is 2.23. The first-order valence-electron chi connectivity index (χ1n) is 15.6. The lowest BCUT2D eigenvalue weighted by atomic mass is 9.88. The Morgan fingerprint density at radius 2 is 0.956 bits per heavy atom. The zero-order valence-electron chi connectivity index (χ0n) is 25.1. The SMILES string of the molecule is CCCc1cc(-c2nc(-c3ccccc3)nc(-c3ccccc3)n2)c2ccc3c(-c4ccccc4)c4ccccc4cc3c2c1. The molecular formula is C42H31N3. The fraction of sp³-hybridized carbons (Fsp3) is 0.0714. The highest BCUT2D eigenvalue weighted by atomic mass is 15.0. The summed E-state index contributed by atoms with van der Waals surface area (Å²) in [5.74, 6) is 2.03. The van der Waals surface area contributed by atoms with E-state index in [1.807, 2.05) is 36.4 Å². The molecule has 0 amide bonds. The van der Waals surface area contributed by atoms with Gasteiger partial charge in [0.1, 0.15) is 0 Å². The van der Waals surface area contributed by atoms with Crippen LogP contribution < -0.4 is 0 Å². The summed E-state index contributed by atoms with van der Waals surface area (Å²) >= 11 is 0. The highest BCUT2D eigenvalue weighted by Gasteiger charge is 2.18. The Morgan fingerprint density at radius 1 is 0.422 bits per heavy atom. The van der Waals surface area contributed by atoms with Gasteiger partial charge in [0.25, 0.3) is 0 Å². The second-order valence-electron chi connectivity index (χ2n) is 11.5. The maximum Gasteiger partial charge on any atom is 0.164 e. The van der Waals surface area contributed by atoms with Gasteiger partial charge >= 0.3 is 0 Å². The van der Waals surface area contributed by atoms with E-state index in [4.69, 9.17) is 15.0 Å². The third kappa shape index (κ3) is 4.93. The fourth-order valence-electron chi connectivity index (χ4n) is 6.50. The molecule has 0 saturated heterocycles. The van der Waals surface area contributed by atoms with Crippen LogP contribution in [0.1, 0.15) is 18.9 Å². The van der Waals surface area contributed by atoms with Crippen molar-refractivity contribution in [3.8, 4) is 45.3 Å². The average Bonchev–Trinajstić information content (AvgIpc) is 3.11. The van der Waals surface area contributed by atoms with E-state index in [2.05, 4.69) is 116 Å². The molecule has 214 valence electrons. The first kappa shape index (κ1) is 26.9. The van der Waals surface area contributed by atoms with E-state index in [0.717, 1.165) is 34.9 Å². The molecule has 0 spiro atoms. The van der Waals surface area contributed by atoms with Gasteiger partial charge in [0.2, 0.25) is 0 Å². The summed E-state index contributed by atoms with van der Waals surface area (Å²) in [4.78, 5) is 15.2. The van der Waals surface area contributed by atoms with Crippen LogP contribution in [-0.2, 0) is 6.42 Å². The Kier molecular flexibility index (Phi) is 6.84. The maximum atomic E-state index is 5.12. The van der Waals surface area contributed by atoms with Gasteiger partial charge in [-0.1, -0.05) is 147 Å².